The van der Waals surface area contributed by atoms with Gasteiger partial charge in [0.2, 0.25) is 0 Å². The van der Waals surface area contributed by atoms with Gasteiger partial charge in [0, 0.05) is 10.9 Å². The number of rotatable bonds is 5. The molecule has 0 saturated carbocycles. The van der Waals surface area contributed by atoms with Crippen LogP contribution in [0, 0.1) is 0 Å². The van der Waals surface area contributed by atoms with Crippen LogP contribution in [0.5, 0.6) is 11.5 Å². The Morgan fingerprint density at radius 1 is 1.42 bits per heavy atom. The van der Waals surface area contributed by atoms with Gasteiger partial charge in [-0.3, -0.25) is 0 Å². The van der Waals surface area contributed by atoms with Crippen molar-refractivity contribution in [3.63, 3.8) is 0 Å². The van der Waals surface area contributed by atoms with Crippen LogP contribution in [0.15, 0.2) is 23.6 Å². The molecule has 1 aromatic carbocycles. The summed E-state index contributed by atoms with van der Waals surface area (Å²) in [4.78, 5) is 4.70. The van der Waals surface area contributed by atoms with E-state index in [0.717, 1.165) is 10.6 Å². The van der Waals surface area contributed by atoms with Gasteiger partial charge >= 0.3 is 0 Å². The van der Waals surface area contributed by atoms with Gasteiger partial charge in [0.1, 0.15) is 15.7 Å². The van der Waals surface area contributed by atoms with Gasteiger partial charge in [-0.2, -0.15) is 0 Å². The first-order valence-electron chi connectivity index (χ1n) is 5.72. The number of thiocarbonyl (C=S) groups is 1. The summed E-state index contributed by atoms with van der Waals surface area (Å²) in [6.07, 6.45) is 0. The topological polar surface area (TPSA) is 57.4 Å². The quantitative estimate of drug-likeness (QED) is 0.859. The van der Waals surface area contributed by atoms with Crippen molar-refractivity contribution in [1.82, 2.24) is 4.98 Å². The SMILES string of the molecule is CCOc1cc(-c2nc(C(N)=S)cs2)ccc1OC. The zero-order valence-corrected chi connectivity index (χ0v) is 12.3. The van der Waals surface area contributed by atoms with E-state index in [1.165, 1.54) is 11.3 Å². The minimum atomic E-state index is 0.307. The standard InChI is InChI=1S/C13H14N2O2S2/c1-3-17-11-6-8(4-5-10(11)16-2)13-15-9(7-19-13)12(14)18/h4-7H,3H2,1-2H3,(H2,14,18). The number of hydrogen-bond acceptors (Lipinski definition) is 5. The molecule has 2 rings (SSSR count). The number of hydrogen-bond donors (Lipinski definition) is 1. The van der Waals surface area contributed by atoms with E-state index in [1.807, 2.05) is 30.5 Å². The summed E-state index contributed by atoms with van der Waals surface area (Å²) >= 11 is 6.41. The van der Waals surface area contributed by atoms with Gasteiger partial charge in [0.15, 0.2) is 11.5 Å². The van der Waals surface area contributed by atoms with Crippen LogP contribution < -0.4 is 15.2 Å². The number of methoxy groups -OCH3 is 1. The third-order valence-corrected chi connectivity index (χ3v) is 3.57. The molecule has 2 N–H and O–H groups in total. The molecule has 4 nitrogen and oxygen atoms in total. The van der Waals surface area contributed by atoms with Crippen LogP contribution in [0.3, 0.4) is 0 Å². The van der Waals surface area contributed by atoms with Crippen molar-refractivity contribution in [2.24, 2.45) is 5.73 Å². The zero-order chi connectivity index (χ0) is 13.8. The fraction of sp³-hybridized carbons (Fsp3) is 0.231. The molecule has 0 amide bonds. The number of nitrogens with zero attached hydrogens (tertiary/aromatic N) is 1. The largest absolute Gasteiger partial charge is 0.493 e. The van der Waals surface area contributed by atoms with Gasteiger partial charge in [0.05, 0.1) is 13.7 Å². The summed E-state index contributed by atoms with van der Waals surface area (Å²) in [5.41, 5.74) is 7.16. The van der Waals surface area contributed by atoms with Crippen molar-refractivity contribution >= 4 is 28.5 Å². The molecule has 1 aromatic heterocycles. The van der Waals surface area contributed by atoms with E-state index in [2.05, 4.69) is 4.98 Å². The van der Waals surface area contributed by atoms with Gasteiger partial charge in [-0.1, -0.05) is 12.2 Å². The Morgan fingerprint density at radius 3 is 2.79 bits per heavy atom. The highest BCUT2D eigenvalue weighted by atomic mass is 32.1. The minimum Gasteiger partial charge on any atom is -0.493 e. The second-order valence-electron chi connectivity index (χ2n) is 3.70. The van der Waals surface area contributed by atoms with Gasteiger partial charge in [0.25, 0.3) is 0 Å². The van der Waals surface area contributed by atoms with E-state index in [1.54, 1.807) is 7.11 Å². The molecule has 1 heterocycles. The average molecular weight is 294 g/mol. The van der Waals surface area contributed by atoms with Crippen molar-refractivity contribution in [2.45, 2.75) is 6.92 Å². The second kappa shape index (κ2) is 5.99. The third kappa shape index (κ3) is 3.02. The number of thiazole rings is 1. The molecule has 0 bridgehead atoms. The molecule has 0 unspecified atom stereocenters. The Morgan fingerprint density at radius 2 is 2.21 bits per heavy atom. The van der Waals surface area contributed by atoms with Crippen LogP contribution in [0.1, 0.15) is 12.6 Å². The highest BCUT2D eigenvalue weighted by Gasteiger charge is 2.10. The molecular weight excluding hydrogens is 280 g/mol. The molecule has 0 aliphatic heterocycles. The van der Waals surface area contributed by atoms with Crippen molar-refractivity contribution in [2.75, 3.05) is 13.7 Å². The number of benzene rings is 1. The number of ether oxygens (including phenoxy) is 2. The van der Waals surface area contributed by atoms with E-state index < -0.39 is 0 Å². The lowest BCUT2D eigenvalue weighted by Gasteiger charge is -2.10. The molecule has 19 heavy (non-hydrogen) atoms. The Bertz CT molecular complexity index is 596. The third-order valence-electron chi connectivity index (χ3n) is 2.47. The Labute approximate surface area is 121 Å². The molecule has 0 fully saturated rings. The normalized spacial score (nSPS) is 10.2. The monoisotopic (exact) mass is 294 g/mol. The van der Waals surface area contributed by atoms with Crippen LogP contribution in [-0.2, 0) is 0 Å². The van der Waals surface area contributed by atoms with Gasteiger partial charge in [-0.25, -0.2) is 4.98 Å². The first-order valence-corrected chi connectivity index (χ1v) is 7.01. The number of nitrogens with two attached hydrogens (primary N) is 1. The van der Waals surface area contributed by atoms with Crippen LogP contribution in [-0.4, -0.2) is 23.7 Å². The molecule has 0 radical (unpaired) electrons. The average Bonchev–Trinajstić information content (AvgIpc) is 2.89. The predicted molar refractivity (Wildman–Crippen MR) is 81.2 cm³/mol. The molecule has 0 aliphatic carbocycles. The van der Waals surface area contributed by atoms with E-state index in [4.69, 9.17) is 27.4 Å². The first kappa shape index (κ1) is 13.8. The maximum absolute atomic E-state index is 5.56. The molecule has 6 heteroatoms. The van der Waals surface area contributed by atoms with E-state index in [9.17, 15) is 0 Å². The van der Waals surface area contributed by atoms with Crippen molar-refractivity contribution in [3.05, 3.63) is 29.3 Å². The van der Waals surface area contributed by atoms with Crippen molar-refractivity contribution in [3.8, 4) is 22.1 Å². The summed E-state index contributed by atoms with van der Waals surface area (Å²) in [7, 11) is 1.62. The summed E-state index contributed by atoms with van der Waals surface area (Å²) < 4.78 is 10.8. The molecular formula is C13H14N2O2S2. The van der Waals surface area contributed by atoms with Crippen LogP contribution in [0.25, 0.3) is 10.6 Å². The second-order valence-corrected chi connectivity index (χ2v) is 5.00. The highest BCUT2D eigenvalue weighted by Crippen LogP contribution is 2.33. The first-order chi connectivity index (χ1) is 9.15. The number of aromatic nitrogens is 1. The van der Waals surface area contributed by atoms with Crippen molar-refractivity contribution < 1.29 is 9.47 Å². The van der Waals surface area contributed by atoms with E-state index in [-0.39, 0.29) is 0 Å². The van der Waals surface area contributed by atoms with Gasteiger partial charge in [-0.15, -0.1) is 11.3 Å². The molecule has 0 aliphatic rings. The molecule has 0 atom stereocenters. The summed E-state index contributed by atoms with van der Waals surface area (Å²) in [6.45, 7) is 2.51. The minimum absolute atomic E-state index is 0.307. The highest BCUT2D eigenvalue weighted by molar-refractivity contribution is 7.80. The zero-order valence-electron chi connectivity index (χ0n) is 10.7. The van der Waals surface area contributed by atoms with Gasteiger partial charge < -0.3 is 15.2 Å². The Kier molecular flexibility index (Phi) is 4.34. The lowest BCUT2D eigenvalue weighted by molar-refractivity contribution is 0.311. The fourth-order valence-electron chi connectivity index (χ4n) is 1.60. The molecule has 2 aromatic rings. The Balaban J connectivity index is 2.38. The maximum atomic E-state index is 5.56. The summed E-state index contributed by atoms with van der Waals surface area (Å²) in [6, 6.07) is 5.70. The van der Waals surface area contributed by atoms with E-state index in [0.29, 0.717) is 28.8 Å². The smallest absolute Gasteiger partial charge is 0.161 e. The molecule has 0 spiro atoms. The molecule has 0 saturated heterocycles. The predicted octanol–water partition coefficient (Wildman–Crippen LogP) is 2.85. The van der Waals surface area contributed by atoms with Crippen LogP contribution in [0.4, 0.5) is 0 Å². The lowest BCUT2D eigenvalue weighted by Crippen LogP contribution is -2.09. The molecule has 100 valence electrons. The lowest BCUT2D eigenvalue weighted by atomic mass is 10.2. The maximum Gasteiger partial charge on any atom is 0.161 e. The van der Waals surface area contributed by atoms with Gasteiger partial charge in [-0.05, 0) is 25.1 Å². The van der Waals surface area contributed by atoms with Crippen LogP contribution >= 0.6 is 23.6 Å². The van der Waals surface area contributed by atoms with Crippen LogP contribution in [0.2, 0.25) is 0 Å². The van der Waals surface area contributed by atoms with E-state index >= 15 is 0 Å². The Hall–Kier alpha value is -1.66. The van der Waals surface area contributed by atoms with Crippen molar-refractivity contribution in [1.29, 1.82) is 0 Å². The summed E-state index contributed by atoms with van der Waals surface area (Å²) in [5, 5.41) is 2.70. The fourth-order valence-corrected chi connectivity index (χ4v) is 2.59. The summed E-state index contributed by atoms with van der Waals surface area (Å²) in [5.74, 6) is 1.41.